The fraction of sp³-hybridized carbons (Fsp3) is 0.368. The van der Waals surface area contributed by atoms with E-state index in [0.717, 1.165) is 12.1 Å². The lowest BCUT2D eigenvalue weighted by atomic mass is 9.76. The van der Waals surface area contributed by atoms with E-state index in [4.69, 9.17) is 9.47 Å². The van der Waals surface area contributed by atoms with Crippen molar-refractivity contribution in [1.29, 1.82) is 0 Å². The predicted octanol–water partition coefficient (Wildman–Crippen LogP) is 2.85. The van der Waals surface area contributed by atoms with Gasteiger partial charge in [0.15, 0.2) is 0 Å². The van der Waals surface area contributed by atoms with Crippen molar-refractivity contribution in [3.63, 3.8) is 0 Å². The normalized spacial score (nSPS) is 21.2. The Morgan fingerprint density at radius 1 is 1.28 bits per heavy atom. The third kappa shape index (κ3) is 3.80. The fourth-order valence-corrected chi connectivity index (χ4v) is 3.45. The lowest BCUT2D eigenvalue weighted by Crippen LogP contribution is -2.52. The Morgan fingerprint density at radius 3 is 2.72 bits per heavy atom. The number of hydrogen-bond acceptors (Lipinski definition) is 4. The number of rotatable bonds is 5. The van der Waals surface area contributed by atoms with Crippen molar-refractivity contribution in [2.75, 3.05) is 33.4 Å². The second kappa shape index (κ2) is 8.63. The van der Waals surface area contributed by atoms with Gasteiger partial charge in [0.2, 0.25) is 0 Å². The Balaban J connectivity index is 0.00000225. The molecule has 0 spiro atoms. The largest absolute Gasteiger partial charge is 0.496 e. The van der Waals surface area contributed by atoms with Gasteiger partial charge in [0.1, 0.15) is 17.2 Å². The van der Waals surface area contributed by atoms with E-state index in [2.05, 4.69) is 5.32 Å². The first-order chi connectivity index (χ1) is 11.7. The molecule has 1 heterocycles. The van der Waals surface area contributed by atoms with Crippen LogP contribution >= 0.6 is 12.4 Å². The average molecular weight is 368 g/mol. The topological polar surface area (TPSA) is 50.7 Å². The molecule has 3 rings (SSSR count). The zero-order chi connectivity index (χ0) is 17.0. The first kappa shape index (κ1) is 19.7. The lowest BCUT2D eigenvalue weighted by molar-refractivity contribution is -0.100. The van der Waals surface area contributed by atoms with E-state index in [-0.39, 0.29) is 24.8 Å². The Hall–Kier alpha value is -1.66. The maximum atomic E-state index is 13.7. The second-order valence-electron chi connectivity index (χ2n) is 5.91. The summed E-state index contributed by atoms with van der Waals surface area (Å²) in [6.07, 6.45) is 0. The van der Waals surface area contributed by atoms with Crippen LogP contribution in [0.25, 0.3) is 0 Å². The van der Waals surface area contributed by atoms with Crippen molar-refractivity contribution in [2.45, 2.75) is 11.5 Å². The molecule has 1 aliphatic heterocycles. The highest BCUT2D eigenvalue weighted by Gasteiger charge is 2.45. The molecule has 4 nitrogen and oxygen atoms in total. The van der Waals surface area contributed by atoms with Crippen LogP contribution < -0.4 is 10.1 Å². The molecule has 2 aromatic rings. The molecule has 2 N–H and O–H groups in total. The molecule has 0 saturated carbocycles. The van der Waals surface area contributed by atoms with E-state index in [0.29, 0.717) is 24.5 Å². The van der Waals surface area contributed by atoms with Crippen LogP contribution in [0, 0.1) is 5.82 Å². The maximum Gasteiger partial charge on any atom is 0.125 e. The van der Waals surface area contributed by atoms with E-state index in [1.165, 1.54) is 12.1 Å². The molecule has 2 unspecified atom stereocenters. The molecular weight excluding hydrogens is 345 g/mol. The van der Waals surface area contributed by atoms with Crippen LogP contribution in [0.1, 0.15) is 17.0 Å². The highest BCUT2D eigenvalue weighted by Crippen LogP contribution is 2.44. The molecule has 0 radical (unpaired) electrons. The summed E-state index contributed by atoms with van der Waals surface area (Å²) < 4.78 is 25.5. The van der Waals surface area contributed by atoms with Gasteiger partial charge in [-0.1, -0.05) is 30.3 Å². The van der Waals surface area contributed by atoms with Gasteiger partial charge in [0.05, 0.1) is 20.3 Å². The number of ether oxygens (including phenoxy) is 2. The molecule has 0 aliphatic carbocycles. The number of benzene rings is 2. The summed E-state index contributed by atoms with van der Waals surface area (Å²) in [6, 6.07) is 13.9. The monoisotopic (exact) mass is 367 g/mol. The molecule has 1 saturated heterocycles. The van der Waals surface area contributed by atoms with E-state index < -0.39 is 11.5 Å². The number of aliphatic hydroxyl groups excluding tert-OH is 1. The number of halogens is 2. The minimum atomic E-state index is -0.826. The van der Waals surface area contributed by atoms with Crippen molar-refractivity contribution >= 4 is 12.4 Å². The smallest absolute Gasteiger partial charge is 0.125 e. The number of nitrogens with one attached hydrogen (secondary N) is 1. The van der Waals surface area contributed by atoms with Crippen LogP contribution in [0.3, 0.4) is 0 Å². The summed E-state index contributed by atoms with van der Waals surface area (Å²) >= 11 is 0. The first-order valence-electron chi connectivity index (χ1n) is 8.06. The molecule has 136 valence electrons. The molecule has 2 aromatic carbocycles. The highest BCUT2D eigenvalue weighted by atomic mass is 35.5. The van der Waals surface area contributed by atoms with Gasteiger partial charge < -0.3 is 19.9 Å². The van der Waals surface area contributed by atoms with Crippen molar-refractivity contribution in [3.8, 4) is 5.75 Å². The van der Waals surface area contributed by atoms with E-state index in [1.807, 2.05) is 30.3 Å². The Kier molecular flexibility index (Phi) is 6.79. The van der Waals surface area contributed by atoms with Gasteiger partial charge in [-0.3, -0.25) is 0 Å². The van der Waals surface area contributed by atoms with Gasteiger partial charge in [-0.15, -0.1) is 12.4 Å². The van der Waals surface area contributed by atoms with Crippen molar-refractivity contribution < 1.29 is 19.0 Å². The fourth-order valence-electron chi connectivity index (χ4n) is 3.45. The Bertz CT molecular complexity index is 692. The summed E-state index contributed by atoms with van der Waals surface area (Å²) in [5, 5.41) is 13.5. The van der Waals surface area contributed by atoms with Crippen LogP contribution in [0.5, 0.6) is 5.75 Å². The third-order valence-corrected chi connectivity index (χ3v) is 4.59. The molecule has 0 bridgehead atoms. The summed E-state index contributed by atoms with van der Waals surface area (Å²) in [7, 11) is 1.61. The van der Waals surface area contributed by atoms with Crippen LogP contribution in [0.4, 0.5) is 4.39 Å². The van der Waals surface area contributed by atoms with Gasteiger partial charge in [0.25, 0.3) is 0 Å². The number of hydrogen-bond donors (Lipinski definition) is 2. The summed E-state index contributed by atoms with van der Waals surface area (Å²) in [5.41, 5.74) is 0.725. The van der Waals surface area contributed by atoms with Crippen LogP contribution in [0.15, 0.2) is 48.5 Å². The number of morpholine rings is 1. The highest BCUT2D eigenvalue weighted by molar-refractivity contribution is 5.85. The zero-order valence-electron chi connectivity index (χ0n) is 14.1. The number of methoxy groups -OCH3 is 1. The minimum absolute atomic E-state index is 0. The molecule has 0 aromatic heterocycles. The van der Waals surface area contributed by atoms with Crippen molar-refractivity contribution in [1.82, 2.24) is 5.32 Å². The summed E-state index contributed by atoms with van der Waals surface area (Å²) in [5.74, 6) is -0.0572. The minimum Gasteiger partial charge on any atom is -0.496 e. The van der Waals surface area contributed by atoms with Gasteiger partial charge in [0, 0.05) is 24.6 Å². The van der Waals surface area contributed by atoms with Gasteiger partial charge >= 0.3 is 0 Å². The van der Waals surface area contributed by atoms with Crippen molar-refractivity contribution in [3.05, 3.63) is 65.5 Å². The molecule has 0 amide bonds. The molecule has 2 atom stereocenters. The van der Waals surface area contributed by atoms with Gasteiger partial charge in [-0.25, -0.2) is 4.39 Å². The van der Waals surface area contributed by atoms with Gasteiger partial charge in [-0.05, 0) is 23.8 Å². The molecule has 6 heteroatoms. The Labute approximate surface area is 153 Å². The summed E-state index contributed by atoms with van der Waals surface area (Å²) in [6.45, 7) is 1.58. The molecule has 1 fully saturated rings. The molecular formula is C19H23ClFNO3. The first-order valence-corrected chi connectivity index (χ1v) is 8.06. The van der Waals surface area contributed by atoms with E-state index in [1.54, 1.807) is 13.2 Å². The SMILES string of the molecule is COc1ccccc1C1(C(CO)c2cccc(F)c2)CNCCO1.Cl. The van der Waals surface area contributed by atoms with Gasteiger partial charge in [-0.2, -0.15) is 0 Å². The quantitative estimate of drug-likeness (QED) is 0.853. The van der Waals surface area contributed by atoms with Crippen LogP contribution in [0.2, 0.25) is 0 Å². The zero-order valence-corrected chi connectivity index (χ0v) is 14.9. The number of para-hydroxylation sites is 1. The van der Waals surface area contributed by atoms with Crippen molar-refractivity contribution in [2.24, 2.45) is 0 Å². The average Bonchev–Trinajstić information content (AvgIpc) is 2.63. The summed E-state index contributed by atoms with van der Waals surface area (Å²) in [4.78, 5) is 0. The molecule has 1 aliphatic rings. The van der Waals surface area contributed by atoms with Crippen LogP contribution in [-0.2, 0) is 10.3 Å². The lowest BCUT2D eigenvalue weighted by Gasteiger charge is -2.44. The van der Waals surface area contributed by atoms with E-state index >= 15 is 0 Å². The predicted molar refractivity (Wildman–Crippen MR) is 97.0 cm³/mol. The number of aliphatic hydroxyl groups is 1. The molecule has 25 heavy (non-hydrogen) atoms. The third-order valence-electron chi connectivity index (χ3n) is 4.59. The Morgan fingerprint density at radius 2 is 2.08 bits per heavy atom. The van der Waals surface area contributed by atoms with Crippen LogP contribution in [-0.4, -0.2) is 38.5 Å². The van der Waals surface area contributed by atoms with E-state index in [9.17, 15) is 9.50 Å². The second-order valence-corrected chi connectivity index (χ2v) is 5.91. The maximum absolute atomic E-state index is 13.7. The standard InChI is InChI=1S/C19H22FNO3.ClH/c1-23-18-8-3-2-7-16(18)19(13-21-9-10-24-19)17(12-22)14-5-4-6-15(20)11-14;/h2-8,11,17,21-22H,9-10,12-13H2,1H3;1H.